The SMILES string of the molecule is CCSC(=O)CCC(C)C. The maximum Gasteiger partial charge on any atom is 0.188 e. The van der Waals surface area contributed by atoms with Crippen LogP contribution in [0.2, 0.25) is 0 Å². The van der Waals surface area contributed by atoms with Gasteiger partial charge < -0.3 is 0 Å². The van der Waals surface area contributed by atoms with Crippen molar-refractivity contribution in [1.82, 2.24) is 0 Å². The van der Waals surface area contributed by atoms with E-state index in [0.717, 1.165) is 18.6 Å². The van der Waals surface area contributed by atoms with Crippen LogP contribution in [0.3, 0.4) is 0 Å². The van der Waals surface area contributed by atoms with Crippen LogP contribution >= 0.6 is 11.8 Å². The van der Waals surface area contributed by atoms with Crippen molar-refractivity contribution in [2.75, 3.05) is 5.75 Å². The third-order valence-electron chi connectivity index (χ3n) is 1.23. The maximum absolute atomic E-state index is 10.9. The Morgan fingerprint density at radius 2 is 2.10 bits per heavy atom. The predicted octanol–water partition coefficient (Wildman–Crippen LogP) is 2.70. The Hall–Kier alpha value is 0.0200. The zero-order valence-electron chi connectivity index (χ0n) is 7.02. The lowest BCUT2D eigenvalue weighted by atomic mass is 10.1. The molecule has 0 fully saturated rings. The minimum atomic E-state index is 0.344. The van der Waals surface area contributed by atoms with Crippen LogP contribution in [0.1, 0.15) is 33.6 Å². The highest BCUT2D eigenvalue weighted by Gasteiger charge is 2.01. The van der Waals surface area contributed by atoms with Crippen LogP contribution in [0.15, 0.2) is 0 Å². The van der Waals surface area contributed by atoms with Gasteiger partial charge in [0.2, 0.25) is 0 Å². The molecule has 1 nitrogen and oxygen atoms in total. The molecule has 0 aliphatic rings. The summed E-state index contributed by atoms with van der Waals surface area (Å²) in [6.45, 7) is 6.30. The highest BCUT2D eigenvalue weighted by atomic mass is 32.2. The summed E-state index contributed by atoms with van der Waals surface area (Å²) >= 11 is 1.43. The lowest BCUT2D eigenvalue weighted by Crippen LogP contribution is -1.95. The molecule has 0 unspecified atom stereocenters. The van der Waals surface area contributed by atoms with Crippen LogP contribution in [0.4, 0.5) is 0 Å². The van der Waals surface area contributed by atoms with E-state index in [1.807, 2.05) is 6.92 Å². The van der Waals surface area contributed by atoms with Crippen molar-refractivity contribution in [2.24, 2.45) is 5.92 Å². The molecule has 0 amide bonds. The van der Waals surface area contributed by atoms with E-state index in [1.54, 1.807) is 0 Å². The summed E-state index contributed by atoms with van der Waals surface area (Å²) in [6.07, 6.45) is 1.78. The topological polar surface area (TPSA) is 17.1 Å². The van der Waals surface area contributed by atoms with Gasteiger partial charge in [0, 0.05) is 6.42 Å². The van der Waals surface area contributed by atoms with E-state index < -0.39 is 0 Å². The molecule has 0 aliphatic heterocycles. The van der Waals surface area contributed by atoms with Crippen molar-refractivity contribution in [3.8, 4) is 0 Å². The summed E-state index contributed by atoms with van der Waals surface area (Å²) in [5.74, 6) is 1.57. The monoisotopic (exact) mass is 160 g/mol. The van der Waals surface area contributed by atoms with Crippen molar-refractivity contribution >= 4 is 16.9 Å². The first-order valence-corrected chi connectivity index (χ1v) is 4.81. The summed E-state index contributed by atoms with van der Waals surface area (Å²) in [5, 5.41) is 0.344. The minimum Gasteiger partial charge on any atom is -0.287 e. The van der Waals surface area contributed by atoms with Gasteiger partial charge in [0.05, 0.1) is 0 Å². The second kappa shape index (κ2) is 5.78. The average molecular weight is 160 g/mol. The smallest absolute Gasteiger partial charge is 0.188 e. The molecular formula is C8H16OS. The first-order chi connectivity index (χ1) is 4.66. The minimum absolute atomic E-state index is 0.344. The van der Waals surface area contributed by atoms with Crippen LogP contribution in [-0.4, -0.2) is 10.9 Å². The van der Waals surface area contributed by atoms with E-state index >= 15 is 0 Å². The van der Waals surface area contributed by atoms with Crippen LogP contribution in [0, 0.1) is 5.92 Å². The molecule has 0 saturated heterocycles. The van der Waals surface area contributed by atoms with E-state index in [2.05, 4.69) is 13.8 Å². The fourth-order valence-corrected chi connectivity index (χ4v) is 1.22. The van der Waals surface area contributed by atoms with Crippen molar-refractivity contribution in [3.05, 3.63) is 0 Å². The van der Waals surface area contributed by atoms with Crippen molar-refractivity contribution < 1.29 is 4.79 Å². The summed E-state index contributed by atoms with van der Waals surface area (Å²) in [4.78, 5) is 10.9. The molecule has 0 bridgehead atoms. The second-order valence-corrected chi connectivity index (χ2v) is 4.06. The lowest BCUT2D eigenvalue weighted by Gasteiger charge is -2.01. The van der Waals surface area contributed by atoms with E-state index in [9.17, 15) is 4.79 Å². The van der Waals surface area contributed by atoms with Gasteiger partial charge >= 0.3 is 0 Å². The summed E-state index contributed by atoms with van der Waals surface area (Å²) < 4.78 is 0. The standard InChI is InChI=1S/C8H16OS/c1-4-10-8(9)6-5-7(2)3/h7H,4-6H2,1-3H3. The number of carbonyl (C=O) groups excluding carboxylic acids is 1. The van der Waals surface area contributed by atoms with Gasteiger partial charge in [-0.15, -0.1) is 0 Å². The number of thioether (sulfide) groups is 1. The Bertz CT molecular complexity index is 99.4. The van der Waals surface area contributed by atoms with Crippen LogP contribution in [0.25, 0.3) is 0 Å². The molecular weight excluding hydrogens is 144 g/mol. The summed E-state index contributed by atoms with van der Waals surface area (Å²) in [6, 6.07) is 0. The van der Waals surface area contributed by atoms with Gasteiger partial charge in [-0.2, -0.15) is 0 Å². The molecule has 0 radical (unpaired) electrons. The molecule has 0 rings (SSSR count). The van der Waals surface area contributed by atoms with E-state index in [4.69, 9.17) is 0 Å². The van der Waals surface area contributed by atoms with Crippen molar-refractivity contribution in [1.29, 1.82) is 0 Å². The Kier molecular flexibility index (Phi) is 5.79. The Morgan fingerprint density at radius 3 is 2.50 bits per heavy atom. The van der Waals surface area contributed by atoms with Crippen LogP contribution in [-0.2, 0) is 4.79 Å². The Balaban J connectivity index is 3.22. The zero-order chi connectivity index (χ0) is 7.98. The predicted molar refractivity (Wildman–Crippen MR) is 47.2 cm³/mol. The lowest BCUT2D eigenvalue weighted by molar-refractivity contribution is -0.111. The third kappa shape index (κ3) is 6.14. The number of rotatable bonds is 4. The molecule has 2 heteroatoms. The molecule has 0 spiro atoms. The van der Waals surface area contributed by atoms with Gasteiger partial charge in [-0.3, -0.25) is 4.79 Å². The molecule has 0 heterocycles. The summed E-state index contributed by atoms with van der Waals surface area (Å²) in [5.41, 5.74) is 0. The zero-order valence-corrected chi connectivity index (χ0v) is 7.83. The first-order valence-electron chi connectivity index (χ1n) is 3.82. The molecule has 0 aliphatic carbocycles. The van der Waals surface area contributed by atoms with Gasteiger partial charge in [0.1, 0.15) is 0 Å². The summed E-state index contributed by atoms with van der Waals surface area (Å²) in [7, 11) is 0. The molecule has 0 aromatic carbocycles. The Morgan fingerprint density at radius 1 is 1.50 bits per heavy atom. The van der Waals surface area contributed by atoms with Gasteiger partial charge in [0.15, 0.2) is 5.12 Å². The highest BCUT2D eigenvalue weighted by Crippen LogP contribution is 2.10. The fraction of sp³-hybridized carbons (Fsp3) is 0.875. The quantitative estimate of drug-likeness (QED) is 0.629. The van der Waals surface area contributed by atoms with Gasteiger partial charge in [-0.25, -0.2) is 0 Å². The van der Waals surface area contributed by atoms with Gasteiger partial charge in [-0.1, -0.05) is 32.5 Å². The first kappa shape index (κ1) is 10.0. The van der Waals surface area contributed by atoms with E-state index in [0.29, 0.717) is 11.0 Å². The van der Waals surface area contributed by atoms with Crippen molar-refractivity contribution in [3.63, 3.8) is 0 Å². The third-order valence-corrected chi connectivity index (χ3v) is 2.05. The number of carbonyl (C=O) groups is 1. The fourth-order valence-electron chi connectivity index (χ4n) is 0.640. The van der Waals surface area contributed by atoms with Gasteiger partial charge in [0.25, 0.3) is 0 Å². The largest absolute Gasteiger partial charge is 0.287 e. The average Bonchev–Trinajstić information content (AvgIpc) is 1.85. The number of hydrogen-bond donors (Lipinski definition) is 0. The second-order valence-electron chi connectivity index (χ2n) is 2.74. The molecule has 0 saturated carbocycles. The Labute approximate surface area is 67.6 Å². The normalized spacial score (nSPS) is 10.4. The van der Waals surface area contributed by atoms with Crippen LogP contribution in [0.5, 0.6) is 0 Å². The van der Waals surface area contributed by atoms with Crippen LogP contribution < -0.4 is 0 Å². The molecule has 0 atom stereocenters. The maximum atomic E-state index is 10.9. The number of hydrogen-bond acceptors (Lipinski definition) is 2. The van der Waals surface area contributed by atoms with Crippen molar-refractivity contribution in [2.45, 2.75) is 33.6 Å². The van der Waals surface area contributed by atoms with E-state index in [1.165, 1.54) is 11.8 Å². The molecule has 0 aromatic rings. The highest BCUT2D eigenvalue weighted by molar-refractivity contribution is 8.13. The molecule has 0 N–H and O–H groups in total. The van der Waals surface area contributed by atoms with E-state index in [-0.39, 0.29) is 0 Å². The van der Waals surface area contributed by atoms with Gasteiger partial charge in [-0.05, 0) is 18.1 Å². The molecule has 60 valence electrons. The molecule has 0 aromatic heterocycles. The molecule has 10 heavy (non-hydrogen) atoms.